The quantitative estimate of drug-likeness (QED) is 0.764. The molecule has 0 radical (unpaired) electrons. The van der Waals surface area contributed by atoms with Crippen molar-refractivity contribution in [2.45, 2.75) is 18.9 Å². The third-order valence-electron chi connectivity index (χ3n) is 3.28. The summed E-state index contributed by atoms with van der Waals surface area (Å²) >= 11 is 0. The van der Waals surface area contributed by atoms with Gasteiger partial charge in [-0.25, -0.2) is 13.6 Å². The maximum atomic E-state index is 12.6. The molecule has 6 heteroatoms. The third-order valence-corrected chi connectivity index (χ3v) is 3.28. The molecular weight excluding hydrogens is 302 g/mol. The zero-order valence-electron chi connectivity index (χ0n) is 12.4. The Morgan fingerprint density at radius 1 is 1.09 bits per heavy atom. The minimum Gasteiger partial charge on any atom is -0.394 e. The zero-order valence-corrected chi connectivity index (χ0v) is 12.4. The first-order valence-electron chi connectivity index (χ1n) is 7.19. The van der Waals surface area contributed by atoms with Crippen LogP contribution in [0.15, 0.2) is 54.6 Å². The van der Waals surface area contributed by atoms with E-state index >= 15 is 0 Å². The van der Waals surface area contributed by atoms with Crippen LogP contribution in [0.2, 0.25) is 0 Å². The number of amides is 2. The van der Waals surface area contributed by atoms with Gasteiger partial charge in [-0.1, -0.05) is 42.5 Å². The van der Waals surface area contributed by atoms with Crippen LogP contribution in [0.4, 0.5) is 19.3 Å². The van der Waals surface area contributed by atoms with E-state index in [0.717, 1.165) is 5.56 Å². The molecule has 2 amide bonds. The highest BCUT2D eigenvalue weighted by Gasteiger charge is 2.13. The van der Waals surface area contributed by atoms with E-state index in [-0.39, 0.29) is 17.9 Å². The number of urea groups is 1. The van der Waals surface area contributed by atoms with Crippen molar-refractivity contribution in [3.8, 4) is 0 Å². The Kier molecular flexibility index (Phi) is 6.05. The number of aliphatic hydroxyl groups excluding tert-OH is 1. The van der Waals surface area contributed by atoms with Gasteiger partial charge in [-0.05, 0) is 24.1 Å². The molecule has 4 nitrogen and oxygen atoms in total. The van der Waals surface area contributed by atoms with Crippen LogP contribution >= 0.6 is 0 Å². The summed E-state index contributed by atoms with van der Waals surface area (Å²) in [5.41, 5.74) is 1.09. The van der Waals surface area contributed by atoms with Gasteiger partial charge >= 0.3 is 6.03 Å². The highest BCUT2D eigenvalue weighted by molar-refractivity contribution is 5.89. The lowest BCUT2D eigenvalue weighted by Crippen LogP contribution is -2.41. The SMILES string of the molecule is O=C(Nc1cccc(C(F)F)c1)N[C@H](CO)Cc1ccccc1. The number of carbonyl (C=O) groups is 1. The number of nitrogens with one attached hydrogen (secondary N) is 2. The molecule has 0 saturated carbocycles. The van der Waals surface area contributed by atoms with Crippen molar-refractivity contribution in [2.24, 2.45) is 0 Å². The second kappa shape index (κ2) is 8.24. The van der Waals surface area contributed by atoms with E-state index in [0.29, 0.717) is 6.42 Å². The Bertz CT molecular complexity index is 636. The maximum absolute atomic E-state index is 12.6. The largest absolute Gasteiger partial charge is 0.394 e. The minimum atomic E-state index is -2.59. The van der Waals surface area contributed by atoms with E-state index in [1.165, 1.54) is 24.3 Å². The second-order valence-corrected chi connectivity index (χ2v) is 5.09. The standard InChI is InChI=1S/C17H18F2N2O2/c18-16(19)13-7-4-8-14(10-13)20-17(23)21-15(11-22)9-12-5-2-1-3-6-12/h1-8,10,15-16,22H,9,11H2,(H2,20,21,23)/t15-/m0/s1. The molecule has 0 bridgehead atoms. The van der Waals surface area contributed by atoms with Gasteiger partial charge in [0.05, 0.1) is 12.6 Å². The van der Waals surface area contributed by atoms with Gasteiger partial charge in [0.15, 0.2) is 0 Å². The molecule has 2 aromatic carbocycles. The average Bonchev–Trinajstić information content (AvgIpc) is 2.55. The normalized spacial score (nSPS) is 12.0. The van der Waals surface area contributed by atoms with E-state index in [2.05, 4.69) is 10.6 Å². The van der Waals surface area contributed by atoms with Crippen LogP contribution in [0, 0.1) is 0 Å². The number of carbonyl (C=O) groups excluding carboxylic acids is 1. The van der Waals surface area contributed by atoms with Gasteiger partial charge in [-0.15, -0.1) is 0 Å². The van der Waals surface area contributed by atoms with E-state index in [9.17, 15) is 18.7 Å². The lowest BCUT2D eigenvalue weighted by molar-refractivity contribution is 0.151. The third kappa shape index (κ3) is 5.34. The van der Waals surface area contributed by atoms with Crippen molar-refractivity contribution in [3.63, 3.8) is 0 Å². The van der Waals surface area contributed by atoms with Crippen molar-refractivity contribution in [3.05, 3.63) is 65.7 Å². The molecule has 0 unspecified atom stereocenters. The van der Waals surface area contributed by atoms with E-state index in [1.807, 2.05) is 30.3 Å². The number of hydrogen-bond donors (Lipinski definition) is 3. The molecule has 122 valence electrons. The molecule has 23 heavy (non-hydrogen) atoms. The van der Waals surface area contributed by atoms with Crippen LogP contribution in [0.5, 0.6) is 0 Å². The molecule has 0 aliphatic rings. The van der Waals surface area contributed by atoms with Gasteiger partial charge in [-0.2, -0.15) is 0 Å². The van der Waals surface area contributed by atoms with Gasteiger partial charge in [0, 0.05) is 11.3 Å². The lowest BCUT2D eigenvalue weighted by atomic mass is 10.1. The fraction of sp³-hybridized carbons (Fsp3) is 0.235. The summed E-state index contributed by atoms with van der Waals surface area (Å²) < 4.78 is 25.3. The van der Waals surface area contributed by atoms with Gasteiger partial charge in [0.1, 0.15) is 0 Å². The van der Waals surface area contributed by atoms with Crippen molar-refractivity contribution in [2.75, 3.05) is 11.9 Å². The molecule has 0 fully saturated rings. The van der Waals surface area contributed by atoms with Crippen LogP contribution in [-0.2, 0) is 6.42 Å². The molecule has 0 aromatic heterocycles. The van der Waals surface area contributed by atoms with Crippen LogP contribution in [0.3, 0.4) is 0 Å². The summed E-state index contributed by atoms with van der Waals surface area (Å²) in [5, 5.41) is 14.5. The average molecular weight is 320 g/mol. The van der Waals surface area contributed by atoms with E-state index < -0.39 is 18.5 Å². The first-order chi connectivity index (χ1) is 11.1. The Labute approximate surface area is 133 Å². The Balaban J connectivity index is 1.93. The molecule has 3 N–H and O–H groups in total. The molecule has 0 saturated heterocycles. The Morgan fingerprint density at radius 3 is 2.48 bits per heavy atom. The summed E-state index contributed by atoms with van der Waals surface area (Å²) in [5.74, 6) is 0. The second-order valence-electron chi connectivity index (χ2n) is 5.09. The molecule has 0 aliphatic heterocycles. The molecule has 0 spiro atoms. The van der Waals surface area contributed by atoms with E-state index in [1.54, 1.807) is 0 Å². The number of rotatable bonds is 6. The molecule has 1 atom stereocenters. The maximum Gasteiger partial charge on any atom is 0.319 e. The summed E-state index contributed by atoms with van der Waals surface area (Å²) in [4.78, 5) is 11.9. The van der Waals surface area contributed by atoms with Crippen molar-refractivity contribution in [1.82, 2.24) is 5.32 Å². The first-order valence-corrected chi connectivity index (χ1v) is 7.19. The fourth-order valence-corrected chi connectivity index (χ4v) is 2.16. The first kappa shape index (κ1) is 16.9. The highest BCUT2D eigenvalue weighted by Crippen LogP contribution is 2.21. The van der Waals surface area contributed by atoms with Gasteiger partial charge in [-0.3, -0.25) is 0 Å². The minimum absolute atomic E-state index is 0.161. The number of anilines is 1. The van der Waals surface area contributed by atoms with Gasteiger partial charge in [0.25, 0.3) is 6.43 Å². The molecule has 0 aliphatic carbocycles. The van der Waals surface area contributed by atoms with E-state index in [4.69, 9.17) is 0 Å². The summed E-state index contributed by atoms with van der Waals surface area (Å²) in [6.45, 7) is -0.223. The molecule has 0 heterocycles. The molecule has 2 rings (SSSR count). The number of alkyl halides is 2. The zero-order chi connectivity index (χ0) is 16.7. The molecule has 2 aromatic rings. The lowest BCUT2D eigenvalue weighted by Gasteiger charge is -2.17. The van der Waals surface area contributed by atoms with Crippen LogP contribution < -0.4 is 10.6 Å². The predicted molar refractivity (Wildman–Crippen MR) is 84.6 cm³/mol. The van der Waals surface area contributed by atoms with Crippen LogP contribution in [-0.4, -0.2) is 23.8 Å². The molecular formula is C17H18F2N2O2. The monoisotopic (exact) mass is 320 g/mol. The van der Waals surface area contributed by atoms with Gasteiger partial charge < -0.3 is 15.7 Å². The Hall–Kier alpha value is -2.47. The summed E-state index contributed by atoms with van der Waals surface area (Å²) in [7, 11) is 0. The van der Waals surface area contributed by atoms with Gasteiger partial charge in [0.2, 0.25) is 0 Å². The number of halogens is 2. The highest BCUT2D eigenvalue weighted by atomic mass is 19.3. The topological polar surface area (TPSA) is 61.4 Å². The van der Waals surface area contributed by atoms with Crippen molar-refractivity contribution < 1.29 is 18.7 Å². The summed E-state index contributed by atoms with van der Waals surface area (Å²) in [6, 6.07) is 13.9. The van der Waals surface area contributed by atoms with Crippen LogP contribution in [0.1, 0.15) is 17.6 Å². The number of aliphatic hydroxyl groups is 1. The number of hydrogen-bond acceptors (Lipinski definition) is 2. The van der Waals surface area contributed by atoms with Crippen LogP contribution in [0.25, 0.3) is 0 Å². The predicted octanol–water partition coefficient (Wildman–Crippen LogP) is 3.35. The number of benzene rings is 2. The smallest absolute Gasteiger partial charge is 0.319 e. The Morgan fingerprint density at radius 2 is 1.83 bits per heavy atom. The fourth-order valence-electron chi connectivity index (χ4n) is 2.16. The van der Waals surface area contributed by atoms with Crippen molar-refractivity contribution in [1.29, 1.82) is 0 Å². The summed E-state index contributed by atoms with van der Waals surface area (Å²) in [6.07, 6.45) is -2.12. The van der Waals surface area contributed by atoms with Crippen molar-refractivity contribution >= 4 is 11.7 Å².